The van der Waals surface area contributed by atoms with E-state index in [1.807, 2.05) is 13.8 Å². The van der Waals surface area contributed by atoms with Gasteiger partial charge in [-0.3, -0.25) is 0 Å². The minimum atomic E-state index is -3.46. The summed E-state index contributed by atoms with van der Waals surface area (Å²) >= 11 is 2.54. The zero-order valence-corrected chi connectivity index (χ0v) is 19.4. The summed E-state index contributed by atoms with van der Waals surface area (Å²) in [7, 11) is -3.46. The number of ether oxygens (including phenoxy) is 1. The van der Waals surface area contributed by atoms with E-state index in [2.05, 4.69) is 14.9 Å². The van der Waals surface area contributed by atoms with Crippen molar-refractivity contribution in [2.24, 2.45) is 0 Å². The second-order valence-corrected chi connectivity index (χ2v) is 11.0. The molecule has 160 valence electrons. The first-order valence-electron chi connectivity index (χ1n) is 9.56. The molecule has 30 heavy (non-hydrogen) atoms. The van der Waals surface area contributed by atoms with Crippen LogP contribution in [0.15, 0.2) is 21.7 Å². The molecule has 4 rings (SSSR count). The molecular formula is C19H22N4O4S3. The average molecular weight is 467 g/mol. The van der Waals surface area contributed by atoms with Crippen LogP contribution < -0.4 is 4.90 Å². The number of thiophene rings is 2. The summed E-state index contributed by atoms with van der Waals surface area (Å²) in [5, 5.41) is 2.60. The topological polar surface area (TPSA) is 92.7 Å². The lowest BCUT2D eigenvalue weighted by Crippen LogP contribution is -2.48. The molecule has 3 aromatic heterocycles. The van der Waals surface area contributed by atoms with E-state index < -0.39 is 10.0 Å². The molecule has 0 radical (unpaired) electrons. The van der Waals surface area contributed by atoms with Crippen molar-refractivity contribution < 1.29 is 17.9 Å². The van der Waals surface area contributed by atoms with Crippen LogP contribution in [0.4, 0.5) is 5.82 Å². The van der Waals surface area contributed by atoms with Gasteiger partial charge in [0.2, 0.25) is 0 Å². The second kappa shape index (κ2) is 8.22. The first kappa shape index (κ1) is 21.2. The van der Waals surface area contributed by atoms with E-state index in [-0.39, 0.29) is 5.97 Å². The number of piperazine rings is 1. The Hall–Kier alpha value is -2.08. The fraction of sp³-hybridized carbons (Fsp3) is 0.421. The molecule has 0 amide bonds. The normalized spacial score (nSPS) is 15.6. The highest BCUT2D eigenvalue weighted by atomic mass is 32.2. The van der Waals surface area contributed by atoms with Crippen LogP contribution in [0.3, 0.4) is 0 Å². The number of aromatic nitrogens is 2. The summed E-state index contributed by atoms with van der Waals surface area (Å²) in [6, 6.07) is 3.38. The fourth-order valence-electron chi connectivity index (χ4n) is 3.52. The molecule has 0 aromatic carbocycles. The van der Waals surface area contributed by atoms with Gasteiger partial charge in [0.1, 0.15) is 25.6 Å². The van der Waals surface area contributed by atoms with Gasteiger partial charge in [-0.05, 0) is 37.8 Å². The van der Waals surface area contributed by atoms with Crippen LogP contribution in [0.25, 0.3) is 10.2 Å². The smallest absolute Gasteiger partial charge is 0.348 e. The summed E-state index contributed by atoms with van der Waals surface area (Å²) < 4.78 is 32.7. The predicted molar refractivity (Wildman–Crippen MR) is 118 cm³/mol. The Balaban J connectivity index is 1.64. The molecule has 0 unspecified atom stereocenters. The zero-order valence-electron chi connectivity index (χ0n) is 16.9. The van der Waals surface area contributed by atoms with Gasteiger partial charge in [-0.25, -0.2) is 23.2 Å². The number of anilines is 1. The van der Waals surface area contributed by atoms with Crippen LogP contribution in [0.2, 0.25) is 0 Å². The molecule has 0 atom stereocenters. The molecule has 3 aromatic rings. The third-order valence-corrected chi connectivity index (χ3v) is 9.41. The molecule has 8 nitrogen and oxygen atoms in total. The maximum absolute atomic E-state index is 12.8. The summed E-state index contributed by atoms with van der Waals surface area (Å²) in [5.74, 6) is 1.01. The van der Waals surface area contributed by atoms with Gasteiger partial charge in [-0.2, -0.15) is 4.31 Å². The van der Waals surface area contributed by atoms with Gasteiger partial charge in [0.25, 0.3) is 10.0 Å². The Morgan fingerprint density at radius 1 is 1.20 bits per heavy atom. The number of nitrogens with zero attached hydrogens (tertiary/aromatic N) is 4. The van der Waals surface area contributed by atoms with Gasteiger partial charge in [0.15, 0.2) is 0 Å². The first-order chi connectivity index (χ1) is 14.3. The minimum absolute atomic E-state index is 0.310. The molecule has 11 heteroatoms. The summed E-state index contributed by atoms with van der Waals surface area (Å²) in [6.07, 6.45) is 0. The van der Waals surface area contributed by atoms with E-state index >= 15 is 0 Å². The van der Waals surface area contributed by atoms with Gasteiger partial charge in [-0.15, -0.1) is 22.7 Å². The lowest BCUT2D eigenvalue weighted by molar-refractivity contribution is 0.0531. The molecule has 0 bridgehead atoms. The highest BCUT2D eigenvalue weighted by Gasteiger charge is 2.31. The number of hydrogen-bond donors (Lipinski definition) is 0. The number of esters is 1. The standard InChI is InChI=1S/C19H22N4O4S3/c1-4-27-19(24)16-12(2)15-17(20-13(3)21-18(15)29-16)22-7-9-23(10-8-22)30(25,26)14-6-5-11-28-14/h5-6,11H,4,7-10H2,1-3H3. The van der Waals surface area contributed by atoms with E-state index in [1.165, 1.54) is 27.0 Å². The fourth-order valence-corrected chi connectivity index (χ4v) is 7.20. The minimum Gasteiger partial charge on any atom is -0.462 e. The molecule has 1 saturated heterocycles. The van der Waals surface area contributed by atoms with Gasteiger partial charge in [0.05, 0.1) is 12.0 Å². The molecule has 4 heterocycles. The second-order valence-electron chi connectivity index (χ2n) is 6.87. The maximum atomic E-state index is 12.8. The largest absolute Gasteiger partial charge is 0.462 e. The number of sulfonamides is 1. The van der Waals surface area contributed by atoms with Crippen LogP contribution in [0, 0.1) is 13.8 Å². The van der Waals surface area contributed by atoms with Crippen molar-refractivity contribution in [1.82, 2.24) is 14.3 Å². The van der Waals surface area contributed by atoms with Crippen LogP contribution in [0.1, 0.15) is 28.0 Å². The summed E-state index contributed by atoms with van der Waals surface area (Å²) in [5.41, 5.74) is 0.803. The Kier molecular flexibility index (Phi) is 5.80. The Labute approximate surface area is 183 Å². The van der Waals surface area contributed by atoms with Crippen molar-refractivity contribution in [1.29, 1.82) is 0 Å². The maximum Gasteiger partial charge on any atom is 0.348 e. The molecular weight excluding hydrogens is 444 g/mol. The van der Waals surface area contributed by atoms with Crippen LogP contribution in [0.5, 0.6) is 0 Å². The van der Waals surface area contributed by atoms with Gasteiger partial charge < -0.3 is 9.64 Å². The molecule has 0 spiro atoms. The monoisotopic (exact) mass is 466 g/mol. The molecule has 1 fully saturated rings. The van der Waals surface area contributed by atoms with Gasteiger partial charge in [-0.1, -0.05) is 6.07 Å². The number of carbonyl (C=O) groups is 1. The van der Waals surface area contributed by atoms with Gasteiger partial charge >= 0.3 is 5.97 Å². The van der Waals surface area contributed by atoms with Crippen molar-refractivity contribution in [2.75, 3.05) is 37.7 Å². The lowest BCUT2D eigenvalue weighted by atomic mass is 10.2. The highest BCUT2D eigenvalue weighted by molar-refractivity contribution is 7.91. The summed E-state index contributed by atoms with van der Waals surface area (Å²) in [6.45, 7) is 7.56. The van der Waals surface area contributed by atoms with E-state index in [0.29, 0.717) is 47.7 Å². The van der Waals surface area contributed by atoms with Crippen LogP contribution in [-0.4, -0.2) is 61.4 Å². The first-order valence-corrected chi connectivity index (χ1v) is 12.7. The number of rotatable bonds is 5. The molecule has 0 N–H and O–H groups in total. The molecule has 0 aliphatic carbocycles. The Bertz CT molecular complexity index is 1180. The third-order valence-electron chi connectivity index (χ3n) is 4.97. The average Bonchev–Trinajstić information content (AvgIpc) is 3.37. The number of carbonyl (C=O) groups excluding carboxylic acids is 1. The van der Waals surface area contributed by atoms with E-state index in [1.54, 1.807) is 24.4 Å². The van der Waals surface area contributed by atoms with Crippen molar-refractivity contribution in [3.8, 4) is 0 Å². The zero-order chi connectivity index (χ0) is 21.5. The Morgan fingerprint density at radius 2 is 1.93 bits per heavy atom. The van der Waals surface area contributed by atoms with Crippen LogP contribution >= 0.6 is 22.7 Å². The number of aryl methyl sites for hydroxylation is 2. The number of hydrogen-bond acceptors (Lipinski definition) is 9. The molecule has 1 aliphatic rings. The Morgan fingerprint density at radius 3 is 2.57 bits per heavy atom. The molecule has 1 aliphatic heterocycles. The highest BCUT2D eigenvalue weighted by Crippen LogP contribution is 2.36. The summed E-state index contributed by atoms with van der Waals surface area (Å²) in [4.78, 5) is 24.8. The quantitative estimate of drug-likeness (QED) is 0.534. The van der Waals surface area contributed by atoms with E-state index in [4.69, 9.17) is 4.74 Å². The van der Waals surface area contributed by atoms with E-state index in [0.717, 1.165) is 21.6 Å². The van der Waals surface area contributed by atoms with Crippen molar-refractivity contribution in [2.45, 2.75) is 25.0 Å². The van der Waals surface area contributed by atoms with Gasteiger partial charge in [0, 0.05) is 26.2 Å². The van der Waals surface area contributed by atoms with Crippen molar-refractivity contribution in [3.63, 3.8) is 0 Å². The SMILES string of the molecule is CCOC(=O)c1sc2nc(C)nc(N3CCN(S(=O)(=O)c4cccs4)CC3)c2c1C. The molecule has 0 saturated carbocycles. The number of fused-ring (bicyclic) bond motifs is 1. The van der Waals surface area contributed by atoms with E-state index in [9.17, 15) is 13.2 Å². The predicted octanol–water partition coefficient (Wildman–Crippen LogP) is 3.06. The van der Waals surface area contributed by atoms with Crippen molar-refractivity contribution >= 4 is 54.7 Å². The third kappa shape index (κ3) is 3.70. The lowest BCUT2D eigenvalue weighted by Gasteiger charge is -2.34. The van der Waals surface area contributed by atoms with Crippen LogP contribution in [-0.2, 0) is 14.8 Å². The van der Waals surface area contributed by atoms with Crippen molar-refractivity contribution in [3.05, 3.63) is 33.8 Å².